The van der Waals surface area contributed by atoms with Crippen molar-refractivity contribution in [1.82, 2.24) is 30.1 Å². The van der Waals surface area contributed by atoms with Crippen LogP contribution in [0.15, 0.2) is 42.5 Å². The number of aliphatic hydroxyl groups excluding tert-OH is 1. The smallest absolute Gasteiger partial charge is 0.320 e. The summed E-state index contributed by atoms with van der Waals surface area (Å²) in [5.41, 5.74) is 1.70. The maximum Gasteiger partial charge on any atom is 0.320 e. The molecule has 1 saturated carbocycles. The molecule has 4 atom stereocenters. The average molecular weight is 617 g/mol. The minimum atomic E-state index is -1.73. The molecule has 238 valence electrons. The van der Waals surface area contributed by atoms with Crippen LogP contribution in [0.4, 0.5) is 4.79 Å². The zero-order valence-corrected chi connectivity index (χ0v) is 26.1. The molecule has 2 aliphatic heterocycles. The maximum absolute atomic E-state index is 13.8. The van der Waals surface area contributed by atoms with Gasteiger partial charge >= 0.3 is 6.03 Å². The van der Waals surface area contributed by atoms with Crippen LogP contribution in [-0.2, 0) is 4.79 Å². The number of carbonyl (C=O) groups is 2. The fourth-order valence-corrected chi connectivity index (χ4v) is 6.43. The molecule has 12 nitrogen and oxygen atoms in total. The number of nitrogens with one attached hydrogen (secondary N) is 1. The van der Waals surface area contributed by atoms with Crippen LogP contribution >= 0.6 is 0 Å². The van der Waals surface area contributed by atoms with Crippen molar-refractivity contribution in [3.05, 3.63) is 53.7 Å². The molecule has 3 amide bonds. The van der Waals surface area contributed by atoms with E-state index in [-0.39, 0.29) is 24.9 Å². The number of ether oxygens (including phenoxy) is 2. The first-order valence-electron chi connectivity index (χ1n) is 15.4. The minimum absolute atomic E-state index is 0.151. The topological polar surface area (TPSA) is 150 Å². The van der Waals surface area contributed by atoms with Gasteiger partial charge in [0, 0.05) is 37.2 Å². The van der Waals surface area contributed by atoms with Gasteiger partial charge in [-0.05, 0) is 63.8 Å². The number of aliphatic hydroxyl groups is 2. The molecule has 0 bridgehead atoms. The summed E-state index contributed by atoms with van der Waals surface area (Å²) in [4.78, 5) is 44.9. The van der Waals surface area contributed by atoms with Crippen molar-refractivity contribution in [3.63, 3.8) is 0 Å². The Morgan fingerprint density at radius 1 is 1.09 bits per heavy atom. The number of amides is 3. The zero-order chi connectivity index (χ0) is 31.9. The summed E-state index contributed by atoms with van der Waals surface area (Å²) >= 11 is 0. The number of aryl methyl sites for hydroxylation is 2. The lowest BCUT2D eigenvalue weighted by Gasteiger charge is -2.30. The molecule has 2 aromatic heterocycles. The molecule has 3 aliphatic rings. The molecule has 0 unspecified atom stereocenters. The van der Waals surface area contributed by atoms with Crippen molar-refractivity contribution in [2.45, 2.75) is 69.9 Å². The molecular formula is C33H40N6O6. The number of nitrogens with zero attached hydrogens (tertiary/aromatic N) is 5. The highest BCUT2D eigenvalue weighted by Gasteiger charge is 2.60. The van der Waals surface area contributed by atoms with Crippen LogP contribution in [0.1, 0.15) is 43.4 Å². The summed E-state index contributed by atoms with van der Waals surface area (Å²) < 4.78 is 12.1. The monoisotopic (exact) mass is 616 g/mol. The Kier molecular flexibility index (Phi) is 8.36. The van der Waals surface area contributed by atoms with Gasteiger partial charge in [-0.1, -0.05) is 18.2 Å². The number of hydrogen-bond acceptors (Lipinski definition) is 9. The van der Waals surface area contributed by atoms with Crippen molar-refractivity contribution < 1.29 is 29.3 Å². The SMILES string of the molecule is COc1ccc2c(O[C@@H]3C[C@H]4C(=O)N[C@]5(C(O)O)C[C@H]5/C=C\CCCCN(C)C(=O)N4C3)nc(-c3cccc(C)n3)nc2c1C. The van der Waals surface area contributed by atoms with E-state index in [1.165, 1.54) is 4.90 Å². The third kappa shape index (κ3) is 5.91. The quantitative estimate of drug-likeness (QED) is 0.290. The standard InChI is InChI=1S/C33H40N6O6/c1-19-10-9-12-24(34-19)28-35-27-20(2)26(44-4)14-13-23(27)30(36-28)45-22-16-25-29(40)37-33(31(41)42)17-21(33)11-7-5-6-8-15-38(3)32(43)39(25)18-22/h7,9-14,21-22,25,31,41-42H,5-6,8,15-18H2,1-4H3,(H,37,40)/b11-7-/t21-,22-,25+,33-/m1/s1. The van der Waals surface area contributed by atoms with Crippen molar-refractivity contribution in [2.24, 2.45) is 5.92 Å². The van der Waals surface area contributed by atoms with Crippen LogP contribution in [0.25, 0.3) is 22.4 Å². The third-order valence-electron chi connectivity index (χ3n) is 9.15. The van der Waals surface area contributed by atoms with E-state index in [0.717, 1.165) is 30.5 Å². The van der Waals surface area contributed by atoms with E-state index < -0.39 is 29.9 Å². The number of methoxy groups -OCH3 is 1. The van der Waals surface area contributed by atoms with Crippen LogP contribution in [0.2, 0.25) is 0 Å². The van der Waals surface area contributed by atoms with E-state index in [1.54, 1.807) is 19.1 Å². The second kappa shape index (κ2) is 12.2. The molecule has 1 saturated heterocycles. The number of carbonyl (C=O) groups excluding carboxylic acids is 2. The highest BCUT2D eigenvalue weighted by atomic mass is 16.5. The Morgan fingerprint density at radius 3 is 2.67 bits per heavy atom. The predicted octanol–water partition coefficient (Wildman–Crippen LogP) is 3.12. The van der Waals surface area contributed by atoms with Gasteiger partial charge in [-0.3, -0.25) is 4.79 Å². The van der Waals surface area contributed by atoms with E-state index in [1.807, 2.05) is 56.3 Å². The molecule has 3 aromatic rings. The number of rotatable bonds is 5. The normalized spacial score (nSPS) is 26.2. The Bertz CT molecular complexity index is 1650. The van der Waals surface area contributed by atoms with Gasteiger partial charge in [0.1, 0.15) is 23.6 Å². The van der Waals surface area contributed by atoms with Crippen LogP contribution in [-0.4, -0.2) is 98.1 Å². The van der Waals surface area contributed by atoms with Crippen molar-refractivity contribution in [2.75, 3.05) is 27.2 Å². The summed E-state index contributed by atoms with van der Waals surface area (Å²) in [6, 6.07) is 8.14. The lowest BCUT2D eigenvalue weighted by Crippen LogP contribution is -2.55. The molecule has 1 aliphatic carbocycles. The number of allylic oxidation sites excluding steroid dienone is 1. The molecule has 0 spiro atoms. The summed E-state index contributed by atoms with van der Waals surface area (Å²) in [5.74, 6) is 0.739. The van der Waals surface area contributed by atoms with Gasteiger partial charge in [0.05, 0.1) is 30.1 Å². The zero-order valence-electron chi connectivity index (χ0n) is 26.1. The number of aromatic nitrogens is 3. The fraction of sp³-hybridized carbons (Fsp3) is 0.485. The Morgan fingerprint density at radius 2 is 1.91 bits per heavy atom. The van der Waals surface area contributed by atoms with Crippen molar-refractivity contribution in [1.29, 1.82) is 0 Å². The summed E-state index contributed by atoms with van der Waals surface area (Å²) in [5, 5.41) is 24.0. The van der Waals surface area contributed by atoms with E-state index in [2.05, 4.69) is 10.3 Å². The Labute approximate surface area is 262 Å². The molecule has 45 heavy (non-hydrogen) atoms. The molecule has 12 heteroatoms. The van der Waals surface area contributed by atoms with Crippen LogP contribution in [0.5, 0.6) is 11.6 Å². The Balaban J connectivity index is 1.35. The van der Waals surface area contributed by atoms with Gasteiger partial charge < -0.3 is 34.8 Å². The fourth-order valence-electron chi connectivity index (χ4n) is 6.43. The first-order valence-corrected chi connectivity index (χ1v) is 15.4. The van der Waals surface area contributed by atoms with E-state index in [9.17, 15) is 19.8 Å². The van der Waals surface area contributed by atoms with Crippen molar-refractivity contribution >= 4 is 22.8 Å². The largest absolute Gasteiger partial charge is 0.496 e. The lowest BCUT2D eigenvalue weighted by molar-refractivity contribution is -0.132. The second-order valence-electron chi connectivity index (χ2n) is 12.3. The highest BCUT2D eigenvalue weighted by Crippen LogP contribution is 2.47. The van der Waals surface area contributed by atoms with E-state index >= 15 is 0 Å². The summed E-state index contributed by atoms with van der Waals surface area (Å²) in [6.45, 7) is 4.52. The van der Waals surface area contributed by atoms with Crippen LogP contribution in [0.3, 0.4) is 0 Å². The number of fused-ring (bicyclic) bond motifs is 3. The minimum Gasteiger partial charge on any atom is -0.496 e. The second-order valence-corrected chi connectivity index (χ2v) is 12.3. The number of benzene rings is 1. The van der Waals surface area contributed by atoms with Gasteiger partial charge in [0.25, 0.3) is 0 Å². The lowest BCUT2D eigenvalue weighted by atomic mass is 10.1. The predicted molar refractivity (Wildman–Crippen MR) is 167 cm³/mol. The summed E-state index contributed by atoms with van der Waals surface area (Å²) in [6.07, 6.45) is 4.79. The van der Waals surface area contributed by atoms with Gasteiger partial charge in [-0.15, -0.1) is 0 Å². The molecule has 6 rings (SSSR count). The number of hydrogen-bond donors (Lipinski definition) is 3. The molecule has 4 heterocycles. The molecule has 2 fully saturated rings. The Hall–Kier alpha value is -4.29. The van der Waals surface area contributed by atoms with E-state index in [4.69, 9.17) is 19.4 Å². The molecule has 0 radical (unpaired) electrons. The average Bonchev–Trinajstić information content (AvgIpc) is 3.56. The molecule has 3 N–H and O–H groups in total. The van der Waals surface area contributed by atoms with Gasteiger partial charge in [-0.25, -0.2) is 14.8 Å². The first-order chi connectivity index (χ1) is 21.6. The van der Waals surface area contributed by atoms with Gasteiger partial charge in [0.2, 0.25) is 11.8 Å². The van der Waals surface area contributed by atoms with Crippen LogP contribution in [0, 0.1) is 19.8 Å². The maximum atomic E-state index is 13.8. The van der Waals surface area contributed by atoms with Crippen molar-refractivity contribution in [3.8, 4) is 23.1 Å². The first kappa shape index (κ1) is 30.7. The third-order valence-corrected chi connectivity index (χ3v) is 9.15. The van der Waals surface area contributed by atoms with Gasteiger partial charge in [0.15, 0.2) is 12.1 Å². The van der Waals surface area contributed by atoms with Gasteiger partial charge in [-0.2, -0.15) is 4.98 Å². The highest BCUT2D eigenvalue weighted by molar-refractivity contribution is 5.90. The number of urea groups is 1. The summed E-state index contributed by atoms with van der Waals surface area (Å²) in [7, 11) is 3.34. The van der Waals surface area contributed by atoms with Crippen LogP contribution < -0.4 is 14.8 Å². The molecular weight excluding hydrogens is 576 g/mol. The number of pyridine rings is 1. The molecule has 1 aromatic carbocycles. The van der Waals surface area contributed by atoms with E-state index in [0.29, 0.717) is 47.0 Å².